The van der Waals surface area contributed by atoms with Gasteiger partial charge in [-0.1, -0.05) is 6.92 Å². The van der Waals surface area contributed by atoms with Crippen molar-refractivity contribution in [2.45, 2.75) is 20.3 Å². The van der Waals surface area contributed by atoms with Gasteiger partial charge < -0.3 is 13.9 Å². The molecule has 6 heteroatoms. The van der Waals surface area contributed by atoms with Crippen molar-refractivity contribution < 1.29 is 18.7 Å². The molecule has 2 rings (SSSR count). The fraction of sp³-hybridized carbons (Fsp3) is 0.312. The Morgan fingerprint density at radius 1 is 1.23 bits per heavy atom. The lowest BCUT2D eigenvalue weighted by Gasteiger charge is -2.03. The molecule has 0 saturated heterocycles. The molecule has 116 valence electrons. The van der Waals surface area contributed by atoms with Gasteiger partial charge in [0.15, 0.2) is 0 Å². The third kappa shape index (κ3) is 4.44. The minimum Gasteiger partial charge on any atom is -0.490 e. The average molecular weight is 302 g/mol. The molecule has 0 aliphatic rings. The van der Waals surface area contributed by atoms with Crippen LogP contribution in [0.4, 0.5) is 0 Å². The molecule has 0 amide bonds. The van der Waals surface area contributed by atoms with Crippen molar-refractivity contribution in [2.24, 2.45) is 0 Å². The number of benzene rings is 1. The second-order valence-corrected chi connectivity index (χ2v) is 4.34. The summed E-state index contributed by atoms with van der Waals surface area (Å²) in [6.45, 7) is 4.37. The predicted octanol–water partition coefficient (Wildman–Crippen LogP) is 2.80. The van der Waals surface area contributed by atoms with Crippen LogP contribution in [-0.4, -0.2) is 29.4 Å². The number of ether oxygens (including phenoxy) is 2. The van der Waals surface area contributed by atoms with E-state index >= 15 is 0 Å². The Morgan fingerprint density at radius 3 is 2.64 bits per heavy atom. The molecule has 0 aliphatic carbocycles. The van der Waals surface area contributed by atoms with Crippen LogP contribution in [0, 0.1) is 0 Å². The lowest BCUT2D eigenvalue weighted by molar-refractivity contribution is -0.137. The van der Waals surface area contributed by atoms with E-state index in [2.05, 4.69) is 10.2 Å². The summed E-state index contributed by atoms with van der Waals surface area (Å²) in [4.78, 5) is 11.1. The molecular formula is C16H18N2O4. The second kappa shape index (κ2) is 7.97. The number of aryl methyl sites for hydroxylation is 1. The fourth-order valence-corrected chi connectivity index (χ4v) is 1.69. The third-order valence-electron chi connectivity index (χ3n) is 2.76. The SMILES string of the molecule is CCOC(=O)/C=C/COc1ccc(-c2nnc(CC)o2)cc1. The maximum Gasteiger partial charge on any atom is 0.330 e. The van der Waals surface area contributed by atoms with E-state index in [0.29, 0.717) is 37.2 Å². The Hall–Kier alpha value is -2.63. The lowest BCUT2D eigenvalue weighted by Crippen LogP contribution is -2.00. The zero-order valence-corrected chi connectivity index (χ0v) is 12.6. The van der Waals surface area contributed by atoms with Gasteiger partial charge in [-0.3, -0.25) is 0 Å². The molecule has 0 fully saturated rings. The minimum absolute atomic E-state index is 0.290. The van der Waals surface area contributed by atoms with E-state index in [1.54, 1.807) is 13.0 Å². The monoisotopic (exact) mass is 302 g/mol. The highest BCUT2D eigenvalue weighted by Crippen LogP contribution is 2.21. The number of esters is 1. The van der Waals surface area contributed by atoms with Crippen LogP contribution in [-0.2, 0) is 16.0 Å². The molecule has 0 saturated carbocycles. The van der Waals surface area contributed by atoms with E-state index in [4.69, 9.17) is 13.9 Å². The van der Waals surface area contributed by atoms with Gasteiger partial charge in [0.05, 0.1) is 6.61 Å². The highest BCUT2D eigenvalue weighted by Gasteiger charge is 2.07. The van der Waals surface area contributed by atoms with Gasteiger partial charge in [0.25, 0.3) is 0 Å². The maximum absolute atomic E-state index is 11.1. The molecule has 0 spiro atoms. The summed E-state index contributed by atoms with van der Waals surface area (Å²) in [5, 5.41) is 7.90. The summed E-state index contributed by atoms with van der Waals surface area (Å²) in [6, 6.07) is 7.31. The summed E-state index contributed by atoms with van der Waals surface area (Å²) in [7, 11) is 0. The summed E-state index contributed by atoms with van der Waals surface area (Å²) in [5.74, 6) is 1.42. The van der Waals surface area contributed by atoms with Crippen molar-refractivity contribution in [2.75, 3.05) is 13.2 Å². The van der Waals surface area contributed by atoms with Gasteiger partial charge in [-0.25, -0.2) is 4.79 Å². The van der Waals surface area contributed by atoms with Gasteiger partial charge in [-0.2, -0.15) is 0 Å². The first-order valence-corrected chi connectivity index (χ1v) is 7.11. The molecule has 1 aromatic carbocycles. The molecule has 1 heterocycles. The number of carbonyl (C=O) groups excluding carboxylic acids is 1. The molecule has 0 bridgehead atoms. The number of rotatable bonds is 7. The molecule has 22 heavy (non-hydrogen) atoms. The van der Waals surface area contributed by atoms with Gasteiger partial charge in [-0.05, 0) is 37.3 Å². The molecule has 2 aromatic rings. The first-order chi connectivity index (χ1) is 10.7. The second-order valence-electron chi connectivity index (χ2n) is 4.34. The fourth-order valence-electron chi connectivity index (χ4n) is 1.69. The number of nitrogens with zero attached hydrogens (tertiary/aromatic N) is 2. The van der Waals surface area contributed by atoms with E-state index in [9.17, 15) is 4.79 Å². The van der Waals surface area contributed by atoms with E-state index in [-0.39, 0.29) is 5.97 Å². The summed E-state index contributed by atoms with van der Waals surface area (Å²) >= 11 is 0. The third-order valence-corrected chi connectivity index (χ3v) is 2.76. The normalized spacial score (nSPS) is 10.8. The van der Waals surface area contributed by atoms with Gasteiger partial charge in [0.2, 0.25) is 11.8 Å². The van der Waals surface area contributed by atoms with Gasteiger partial charge in [0, 0.05) is 18.1 Å². The van der Waals surface area contributed by atoms with Crippen molar-refractivity contribution in [3.63, 3.8) is 0 Å². The van der Waals surface area contributed by atoms with Crippen LogP contribution >= 0.6 is 0 Å². The largest absolute Gasteiger partial charge is 0.490 e. The van der Waals surface area contributed by atoms with E-state index in [1.165, 1.54) is 6.08 Å². The van der Waals surface area contributed by atoms with Crippen molar-refractivity contribution >= 4 is 5.97 Å². The van der Waals surface area contributed by atoms with Crippen molar-refractivity contribution in [3.8, 4) is 17.2 Å². The van der Waals surface area contributed by atoms with Crippen LogP contribution in [0.1, 0.15) is 19.7 Å². The lowest BCUT2D eigenvalue weighted by atomic mass is 10.2. The standard InChI is InChI=1S/C16H18N2O4/c1-3-14-17-18-16(22-14)12-7-9-13(10-8-12)21-11-5-6-15(19)20-4-2/h5-10H,3-4,11H2,1-2H3/b6-5+. The quantitative estimate of drug-likeness (QED) is 0.578. The first-order valence-electron chi connectivity index (χ1n) is 7.11. The zero-order valence-electron chi connectivity index (χ0n) is 12.6. The van der Waals surface area contributed by atoms with Gasteiger partial charge in [-0.15, -0.1) is 10.2 Å². The summed E-state index contributed by atoms with van der Waals surface area (Å²) in [6.07, 6.45) is 3.67. The molecule has 0 unspecified atom stereocenters. The average Bonchev–Trinajstić information content (AvgIpc) is 3.01. The molecule has 6 nitrogen and oxygen atoms in total. The van der Waals surface area contributed by atoms with Crippen molar-refractivity contribution in [3.05, 3.63) is 42.3 Å². The highest BCUT2D eigenvalue weighted by molar-refractivity contribution is 5.81. The van der Waals surface area contributed by atoms with E-state index in [1.807, 2.05) is 31.2 Å². The Balaban J connectivity index is 1.88. The minimum atomic E-state index is -0.371. The Morgan fingerprint density at radius 2 is 2.00 bits per heavy atom. The molecular weight excluding hydrogens is 284 g/mol. The number of aromatic nitrogens is 2. The van der Waals surface area contributed by atoms with Gasteiger partial charge >= 0.3 is 5.97 Å². The van der Waals surface area contributed by atoms with Crippen LogP contribution in [0.15, 0.2) is 40.8 Å². The van der Waals surface area contributed by atoms with Crippen LogP contribution in [0.3, 0.4) is 0 Å². The Labute approximate surface area is 128 Å². The number of hydrogen-bond acceptors (Lipinski definition) is 6. The molecule has 0 radical (unpaired) electrons. The molecule has 0 atom stereocenters. The van der Waals surface area contributed by atoms with E-state index in [0.717, 1.165) is 5.56 Å². The Kier molecular flexibility index (Phi) is 5.71. The van der Waals surface area contributed by atoms with Gasteiger partial charge in [0.1, 0.15) is 12.4 Å². The Bertz CT molecular complexity index is 632. The molecule has 1 aromatic heterocycles. The van der Waals surface area contributed by atoms with Crippen molar-refractivity contribution in [1.82, 2.24) is 10.2 Å². The predicted molar refractivity (Wildman–Crippen MR) is 80.4 cm³/mol. The van der Waals surface area contributed by atoms with Crippen molar-refractivity contribution in [1.29, 1.82) is 0 Å². The van der Waals surface area contributed by atoms with Crippen LogP contribution < -0.4 is 4.74 Å². The maximum atomic E-state index is 11.1. The first kappa shape index (κ1) is 15.8. The van der Waals surface area contributed by atoms with Crippen LogP contribution in [0.2, 0.25) is 0 Å². The topological polar surface area (TPSA) is 74.5 Å². The smallest absolute Gasteiger partial charge is 0.330 e. The number of carbonyl (C=O) groups is 1. The zero-order chi connectivity index (χ0) is 15.8. The molecule has 0 aliphatic heterocycles. The summed E-state index contributed by atoms with van der Waals surface area (Å²) in [5.41, 5.74) is 0.835. The summed E-state index contributed by atoms with van der Waals surface area (Å²) < 4.78 is 15.7. The van der Waals surface area contributed by atoms with Crippen LogP contribution in [0.5, 0.6) is 5.75 Å². The van der Waals surface area contributed by atoms with E-state index < -0.39 is 0 Å². The number of hydrogen-bond donors (Lipinski definition) is 0. The molecule has 0 N–H and O–H groups in total. The highest BCUT2D eigenvalue weighted by atomic mass is 16.5. The van der Waals surface area contributed by atoms with Crippen LogP contribution in [0.25, 0.3) is 11.5 Å².